The third-order valence-corrected chi connectivity index (χ3v) is 4.02. The van der Waals surface area contributed by atoms with Crippen LogP contribution in [0.4, 0.5) is 0 Å². The lowest BCUT2D eigenvalue weighted by Gasteiger charge is -2.43. The van der Waals surface area contributed by atoms with Crippen molar-refractivity contribution in [2.45, 2.75) is 51.6 Å². The zero-order chi connectivity index (χ0) is 8.91. The molecule has 0 aliphatic heterocycles. The van der Waals surface area contributed by atoms with Gasteiger partial charge >= 0.3 is 0 Å². The lowest BCUT2D eigenvalue weighted by atomic mass is 9.69. The monoisotopic (exact) mass is 156 g/mol. The Bertz CT molecular complexity index is 150. The van der Waals surface area contributed by atoms with Crippen LogP contribution in [0.1, 0.15) is 40.5 Å². The largest absolute Gasteiger partial charge is 0.325 e. The van der Waals surface area contributed by atoms with Crippen LogP contribution in [0.25, 0.3) is 0 Å². The predicted molar refractivity (Wildman–Crippen MR) is 48.2 cm³/mol. The Hall–Kier alpha value is -0.0800. The van der Waals surface area contributed by atoms with Gasteiger partial charge in [0.25, 0.3) is 0 Å². The molecule has 2 heteroatoms. The van der Waals surface area contributed by atoms with E-state index in [-0.39, 0.29) is 16.5 Å². The lowest BCUT2D eigenvalue weighted by molar-refractivity contribution is 0.147. The average Bonchev–Trinajstić information content (AvgIpc) is 1.93. The minimum Gasteiger partial charge on any atom is -0.325 e. The lowest BCUT2D eigenvalue weighted by Crippen LogP contribution is -2.57. The first-order valence-electron chi connectivity index (χ1n) is 4.28. The van der Waals surface area contributed by atoms with Crippen molar-refractivity contribution in [1.29, 1.82) is 0 Å². The Kier molecular flexibility index (Phi) is 1.63. The number of rotatable bonds is 0. The second-order valence-electron chi connectivity index (χ2n) is 4.96. The topological polar surface area (TPSA) is 52.0 Å². The summed E-state index contributed by atoms with van der Waals surface area (Å²) in [7, 11) is 0. The molecule has 0 bridgehead atoms. The second-order valence-corrected chi connectivity index (χ2v) is 4.96. The molecule has 1 fully saturated rings. The molecular formula is C9H20N2. The zero-order valence-corrected chi connectivity index (χ0v) is 8.07. The van der Waals surface area contributed by atoms with Crippen molar-refractivity contribution in [1.82, 2.24) is 0 Å². The summed E-state index contributed by atoms with van der Waals surface area (Å²) in [6.07, 6.45) is 2.07. The van der Waals surface area contributed by atoms with Crippen LogP contribution < -0.4 is 11.5 Å². The van der Waals surface area contributed by atoms with Gasteiger partial charge in [-0.05, 0) is 26.7 Å². The minimum atomic E-state index is -0.101. The molecule has 2 atom stereocenters. The second kappa shape index (κ2) is 1.99. The molecule has 0 heterocycles. The molecule has 0 radical (unpaired) electrons. The van der Waals surface area contributed by atoms with Gasteiger partial charge in [0.15, 0.2) is 0 Å². The van der Waals surface area contributed by atoms with Gasteiger partial charge in [0.05, 0.1) is 0 Å². The summed E-state index contributed by atoms with van der Waals surface area (Å²) in [6, 6.07) is 0. The van der Waals surface area contributed by atoms with E-state index in [4.69, 9.17) is 11.5 Å². The van der Waals surface area contributed by atoms with Crippen molar-refractivity contribution in [2.24, 2.45) is 16.9 Å². The maximum absolute atomic E-state index is 6.15. The molecule has 1 aliphatic carbocycles. The Balaban J connectivity index is 3.00. The van der Waals surface area contributed by atoms with E-state index < -0.39 is 0 Å². The molecule has 0 aromatic heterocycles. The van der Waals surface area contributed by atoms with Crippen molar-refractivity contribution in [3.63, 3.8) is 0 Å². The van der Waals surface area contributed by atoms with E-state index in [2.05, 4.69) is 27.7 Å². The van der Waals surface area contributed by atoms with Gasteiger partial charge < -0.3 is 11.5 Å². The maximum Gasteiger partial charge on any atom is 0.0195 e. The molecule has 1 rings (SSSR count). The molecular weight excluding hydrogens is 136 g/mol. The van der Waals surface area contributed by atoms with Gasteiger partial charge in [0.2, 0.25) is 0 Å². The van der Waals surface area contributed by atoms with Gasteiger partial charge in [-0.25, -0.2) is 0 Å². The highest BCUT2D eigenvalue weighted by atomic mass is 14.9. The normalized spacial score (nSPS) is 49.6. The average molecular weight is 156 g/mol. The molecule has 0 spiro atoms. The Morgan fingerprint density at radius 1 is 0.818 bits per heavy atom. The summed E-state index contributed by atoms with van der Waals surface area (Å²) >= 11 is 0. The van der Waals surface area contributed by atoms with E-state index in [1.165, 1.54) is 0 Å². The molecule has 2 nitrogen and oxygen atoms in total. The summed E-state index contributed by atoms with van der Waals surface area (Å²) in [6.45, 7) is 8.54. The van der Waals surface area contributed by atoms with E-state index in [0.29, 0.717) is 0 Å². The molecule has 11 heavy (non-hydrogen) atoms. The number of nitrogens with two attached hydrogens (primary N) is 2. The van der Waals surface area contributed by atoms with Crippen molar-refractivity contribution in [2.75, 3.05) is 0 Å². The maximum atomic E-state index is 6.15. The summed E-state index contributed by atoms with van der Waals surface area (Å²) in [4.78, 5) is 0. The molecule has 0 unspecified atom stereocenters. The number of hydrogen-bond acceptors (Lipinski definition) is 2. The van der Waals surface area contributed by atoms with Crippen LogP contribution in [-0.4, -0.2) is 11.1 Å². The van der Waals surface area contributed by atoms with E-state index >= 15 is 0 Å². The van der Waals surface area contributed by atoms with E-state index in [0.717, 1.165) is 12.8 Å². The third-order valence-electron chi connectivity index (χ3n) is 4.02. The fourth-order valence-corrected chi connectivity index (χ4v) is 1.80. The zero-order valence-electron chi connectivity index (χ0n) is 8.07. The van der Waals surface area contributed by atoms with Crippen LogP contribution >= 0.6 is 0 Å². The van der Waals surface area contributed by atoms with Gasteiger partial charge in [-0.3, -0.25) is 0 Å². The molecule has 4 N–H and O–H groups in total. The Labute approximate surface area is 69.3 Å². The minimum absolute atomic E-state index is 0.0417. The number of hydrogen-bond donors (Lipinski definition) is 2. The Morgan fingerprint density at radius 3 is 1.18 bits per heavy atom. The summed E-state index contributed by atoms with van der Waals surface area (Å²) in [5.41, 5.74) is 12.1. The highest BCUT2D eigenvalue weighted by Gasteiger charge is 2.54. The summed E-state index contributed by atoms with van der Waals surface area (Å²) in [5, 5.41) is 0. The highest BCUT2D eigenvalue weighted by Crippen LogP contribution is 2.49. The molecule has 1 aliphatic rings. The smallest absolute Gasteiger partial charge is 0.0195 e. The molecule has 66 valence electrons. The van der Waals surface area contributed by atoms with E-state index in [9.17, 15) is 0 Å². The van der Waals surface area contributed by atoms with Gasteiger partial charge in [0, 0.05) is 16.5 Å². The summed E-state index contributed by atoms with van der Waals surface area (Å²) < 4.78 is 0. The van der Waals surface area contributed by atoms with Gasteiger partial charge in [-0.15, -0.1) is 0 Å². The van der Waals surface area contributed by atoms with E-state index in [1.54, 1.807) is 0 Å². The van der Waals surface area contributed by atoms with Gasteiger partial charge in [0.1, 0.15) is 0 Å². The van der Waals surface area contributed by atoms with Crippen LogP contribution in [0.15, 0.2) is 0 Å². The van der Waals surface area contributed by atoms with Crippen LogP contribution in [0, 0.1) is 5.41 Å². The van der Waals surface area contributed by atoms with Gasteiger partial charge in [-0.2, -0.15) is 0 Å². The van der Waals surface area contributed by atoms with Crippen LogP contribution in [-0.2, 0) is 0 Å². The van der Waals surface area contributed by atoms with E-state index in [1.807, 2.05) is 0 Å². The SMILES string of the molecule is CC1(C)[C@](C)(N)CC[C@@]1(C)N. The standard InChI is InChI=1S/C9H20N2/c1-7(2)8(3,10)5-6-9(7,4)11/h5-6,10-11H2,1-4H3/t8-,9-/m1/s1. The first-order valence-corrected chi connectivity index (χ1v) is 4.28. The quantitative estimate of drug-likeness (QED) is 0.554. The van der Waals surface area contributed by atoms with Crippen LogP contribution in [0.3, 0.4) is 0 Å². The van der Waals surface area contributed by atoms with Gasteiger partial charge in [-0.1, -0.05) is 13.8 Å². The van der Waals surface area contributed by atoms with Crippen molar-refractivity contribution < 1.29 is 0 Å². The molecule has 1 saturated carbocycles. The fourth-order valence-electron chi connectivity index (χ4n) is 1.80. The molecule has 0 amide bonds. The summed E-state index contributed by atoms with van der Waals surface area (Å²) in [5.74, 6) is 0. The first-order chi connectivity index (χ1) is 4.71. The fraction of sp³-hybridized carbons (Fsp3) is 1.00. The van der Waals surface area contributed by atoms with Crippen molar-refractivity contribution >= 4 is 0 Å². The molecule has 0 saturated heterocycles. The van der Waals surface area contributed by atoms with Crippen molar-refractivity contribution in [3.8, 4) is 0 Å². The predicted octanol–water partition coefficient (Wildman–Crippen LogP) is 1.24. The van der Waals surface area contributed by atoms with Crippen molar-refractivity contribution in [3.05, 3.63) is 0 Å². The van der Waals surface area contributed by atoms with Crippen LogP contribution in [0.2, 0.25) is 0 Å². The van der Waals surface area contributed by atoms with Crippen LogP contribution in [0.5, 0.6) is 0 Å². The molecule has 0 aromatic carbocycles. The Morgan fingerprint density at radius 2 is 1.09 bits per heavy atom. The third kappa shape index (κ3) is 1.00. The highest BCUT2D eigenvalue weighted by molar-refractivity contribution is 5.13. The first kappa shape index (κ1) is 9.01. The molecule has 0 aromatic rings.